The van der Waals surface area contributed by atoms with Crippen LogP contribution in [0.4, 0.5) is 29.3 Å². The number of hydrogen-bond donors (Lipinski definition) is 7. The normalized spacial score (nSPS) is 12.6. The van der Waals surface area contributed by atoms with E-state index in [1.165, 1.54) is 46.6 Å². The standard InChI is InChI=1S/C24H25Cl2FN4O5S2.C22H20Cl2FN3O6S2.C21H20Cl2FN3O5S2/c25-17-3-4-20(16(11-17)2-1-7-31-8-5-15(6-9-31)10-23(32)33)36-21-13-19(27)22(12-18(21)26)38(34,35)30-24-28-14-29-37-24;1-13(29)28(10-22(30)31)6-2-3-14-7-15(23)4-5-18(14)34-19-9-17(25)20(8-16(19)24)36(32,33)27-21-11-35-12-26-21;22-14-3-4-17(13(10-14)2-1-6-25-7-5-20(28)29)32-18-12-16(24)19(11-15(18)23)34(30,31)27-21-26-8-9-33-21/h3-4,11-15H,1-2,5-10H2,(H,32,33)(H,28,29,30);4-5,7-9,11-12,27H,2-3,6,10H2,1H3,(H,30,31);3-4,8-12,25H,1-2,5-7H2,(H,26,27)(H,28,29). The molecule has 4 heterocycles. The number of thiazole rings is 2. The lowest BCUT2D eigenvalue weighted by molar-refractivity contribution is -0.143. The fourth-order valence-corrected chi connectivity index (χ4v) is 17.1. The fourth-order valence-electron chi connectivity index (χ4n) is 10.4. The number of hydrogen-bond acceptors (Lipinski definition) is 22. The van der Waals surface area contributed by atoms with Crippen LogP contribution in [-0.2, 0) is 68.5 Å². The van der Waals surface area contributed by atoms with E-state index in [9.17, 15) is 57.6 Å². The molecule has 1 saturated heterocycles. The Morgan fingerprint density at radius 1 is 0.583 bits per heavy atom. The molecule has 1 fully saturated rings. The first-order valence-corrected chi connectivity index (χ1v) is 41.4. The zero-order chi connectivity index (χ0) is 78.5. The number of carbonyl (C=O) groups excluding carboxylic acids is 1. The number of carbonyl (C=O) groups is 4. The van der Waals surface area contributed by atoms with Crippen LogP contribution >= 0.6 is 104 Å². The molecule has 3 aromatic heterocycles. The maximum atomic E-state index is 14.9. The number of ether oxygens (including phenoxy) is 3. The molecule has 0 bridgehead atoms. The zero-order valence-corrected chi connectivity index (χ0v) is 65.8. The van der Waals surface area contributed by atoms with Crippen molar-refractivity contribution in [3.05, 3.63) is 184 Å². The Balaban J connectivity index is 0.000000204. The number of carboxylic acid groups (broad SMARTS) is 3. The maximum absolute atomic E-state index is 14.9. The average molecular weight is 1730 g/mol. The Labute approximate surface area is 660 Å². The molecule has 26 nitrogen and oxygen atoms in total. The Hall–Kier alpha value is -7.88. The van der Waals surface area contributed by atoms with Gasteiger partial charge in [-0.05, 0) is 173 Å². The van der Waals surface area contributed by atoms with E-state index >= 15 is 0 Å². The van der Waals surface area contributed by atoms with E-state index in [0.29, 0.717) is 77.3 Å². The van der Waals surface area contributed by atoms with Crippen molar-refractivity contribution in [3.8, 4) is 34.5 Å². The molecule has 0 aliphatic carbocycles. The van der Waals surface area contributed by atoms with Crippen LogP contribution < -0.4 is 33.7 Å². The van der Waals surface area contributed by atoms with Gasteiger partial charge in [0.25, 0.3) is 30.1 Å². The number of likely N-dealkylation sites (tertiary alicyclic amines) is 1. The van der Waals surface area contributed by atoms with Gasteiger partial charge in [0.1, 0.15) is 79.5 Å². The molecule has 578 valence electrons. The molecule has 41 heteroatoms. The largest absolute Gasteiger partial charge is 0.481 e. The predicted octanol–water partition coefficient (Wildman–Crippen LogP) is 15.9. The molecule has 1 aliphatic heterocycles. The number of sulfonamides is 3. The average Bonchev–Trinajstić information content (AvgIpc) is 0.926. The summed E-state index contributed by atoms with van der Waals surface area (Å²) in [6.07, 6.45) is 7.95. The molecule has 6 aromatic carbocycles. The van der Waals surface area contributed by atoms with E-state index < -0.39 is 86.7 Å². The van der Waals surface area contributed by atoms with Crippen LogP contribution in [-0.4, -0.2) is 139 Å². The first-order valence-electron chi connectivity index (χ1n) is 32.0. The number of piperidine rings is 1. The van der Waals surface area contributed by atoms with Crippen molar-refractivity contribution in [3.63, 3.8) is 0 Å². The third-order valence-electron chi connectivity index (χ3n) is 15.5. The van der Waals surface area contributed by atoms with Crippen LogP contribution in [0.2, 0.25) is 30.1 Å². The number of nitrogens with zero attached hydrogens (tertiary/aromatic N) is 6. The van der Waals surface area contributed by atoms with Crippen LogP contribution in [0.1, 0.15) is 68.6 Å². The number of rotatable bonds is 34. The summed E-state index contributed by atoms with van der Waals surface area (Å²) in [4.78, 5) is 57.0. The third-order valence-corrected chi connectivity index (χ3v) is 23.3. The summed E-state index contributed by atoms with van der Waals surface area (Å²) < 4.78 is 148. The van der Waals surface area contributed by atoms with Gasteiger partial charge in [-0.25, -0.2) is 53.4 Å². The van der Waals surface area contributed by atoms with E-state index in [4.69, 9.17) is 99.1 Å². The van der Waals surface area contributed by atoms with Gasteiger partial charge in [0.2, 0.25) is 11.0 Å². The number of aliphatic carboxylic acids is 3. The summed E-state index contributed by atoms with van der Waals surface area (Å²) in [5.74, 6) is -5.14. The van der Waals surface area contributed by atoms with Crippen molar-refractivity contribution >= 4 is 174 Å². The lowest BCUT2D eigenvalue weighted by Gasteiger charge is -2.31. The molecule has 7 N–H and O–H groups in total. The first-order chi connectivity index (χ1) is 51.2. The van der Waals surface area contributed by atoms with Crippen molar-refractivity contribution in [2.24, 2.45) is 5.92 Å². The molecular weight excluding hydrogens is 1660 g/mol. The Bertz CT molecular complexity index is 4990. The minimum atomic E-state index is -4.29. The van der Waals surface area contributed by atoms with Crippen LogP contribution in [0.25, 0.3) is 0 Å². The van der Waals surface area contributed by atoms with Crippen LogP contribution in [0.3, 0.4) is 0 Å². The number of halogens is 9. The van der Waals surface area contributed by atoms with Gasteiger partial charge in [-0.3, -0.25) is 33.3 Å². The number of aryl methyl sites for hydroxylation is 3. The van der Waals surface area contributed by atoms with Crippen LogP contribution in [0.15, 0.2) is 134 Å². The molecular formula is C67H65Cl6F3N10O16S6. The minimum absolute atomic E-state index is 0.00344. The highest BCUT2D eigenvalue weighted by Crippen LogP contribution is 2.41. The summed E-state index contributed by atoms with van der Waals surface area (Å²) in [5.41, 5.74) is 3.54. The lowest BCUT2D eigenvalue weighted by atomic mass is 9.93. The number of carboxylic acids is 3. The van der Waals surface area contributed by atoms with Crippen molar-refractivity contribution in [1.82, 2.24) is 34.4 Å². The van der Waals surface area contributed by atoms with E-state index in [2.05, 4.69) is 43.7 Å². The number of amides is 1. The third kappa shape index (κ3) is 26.2. The monoisotopic (exact) mass is 1720 g/mol. The number of anilines is 3. The molecule has 9 aromatic rings. The molecule has 108 heavy (non-hydrogen) atoms. The minimum Gasteiger partial charge on any atom is -0.481 e. The summed E-state index contributed by atoms with van der Waals surface area (Å²) in [7, 11) is -12.8. The topological polar surface area (TPSA) is 365 Å². The molecule has 1 aliphatic rings. The molecule has 1 amide bonds. The molecule has 0 unspecified atom stereocenters. The van der Waals surface area contributed by atoms with E-state index in [1.54, 1.807) is 60.0 Å². The van der Waals surface area contributed by atoms with E-state index in [-0.39, 0.29) is 85.4 Å². The van der Waals surface area contributed by atoms with Crippen molar-refractivity contribution in [2.45, 2.75) is 85.8 Å². The molecule has 10 rings (SSSR count). The van der Waals surface area contributed by atoms with E-state index in [1.807, 2.05) is 0 Å². The molecule has 0 saturated carbocycles. The van der Waals surface area contributed by atoms with Crippen molar-refractivity contribution in [2.75, 3.05) is 60.0 Å². The Morgan fingerprint density at radius 3 is 1.49 bits per heavy atom. The smallest absolute Gasteiger partial charge is 0.323 e. The second kappa shape index (κ2) is 40.2. The molecule has 0 atom stereocenters. The van der Waals surface area contributed by atoms with Gasteiger partial charge in [0.05, 0.1) is 27.0 Å². The summed E-state index contributed by atoms with van der Waals surface area (Å²) >= 11 is 40.2. The highest BCUT2D eigenvalue weighted by molar-refractivity contribution is 7.93. The summed E-state index contributed by atoms with van der Waals surface area (Å²) in [5, 5.41) is 33.8. The first kappa shape index (κ1) is 85.7. The van der Waals surface area contributed by atoms with Crippen molar-refractivity contribution < 1.29 is 87.1 Å². The van der Waals surface area contributed by atoms with Gasteiger partial charge in [-0.15, -0.1) is 22.7 Å². The zero-order valence-electron chi connectivity index (χ0n) is 56.3. The summed E-state index contributed by atoms with van der Waals surface area (Å²) in [6, 6.07) is 20.3. The highest BCUT2D eigenvalue weighted by Gasteiger charge is 2.28. The number of benzene rings is 6. The lowest BCUT2D eigenvalue weighted by Crippen LogP contribution is -2.35. The Morgan fingerprint density at radius 2 is 1.06 bits per heavy atom. The highest BCUT2D eigenvalue weighted by atomic mass is 35.5. The second-order valence-corrected chi connectivity index (χ2v) is 33.3. The maximum Gasteiger partial charge on any atom is 0.323 e. The number of nitrogens with one attached hydrogen (secondary N) is 4. The van der Waals surface area contributed by atoms with Gasteiger partial charge >= 0.3 is 17.9 Å². The van der Waals surface area contributed by atoms with E-state index in [0.717, 1.165) is 109 Å². The fraction of sp³-hybridized carbons (Fsp3) is 0.284. The number of aromatic nitrogens is 4. The van der Waals surface area contributed by atoms with Gasteiger partial charge in [-0.1, -0.05) is 69.6 Å². The van der Waals surface area contributed by atoms with Gasteiger partial charge in [0.15, 0.2) is 10.9 Å². The van der Waals surface area contributed by atoms with Crippen LogP contribution in [0.5, 0.6) is 34.5 Å². The molecule has 0 radical (unpaired) electrons. The van der Waals surface area contributed by atoms with Gasteiger partial charge in [-0.2, -0.15) is 4.37 Å². The van der Waals surface area contributed by atoms with Crippen molar-refractivity contribution in [1.29, 1.82) is 0 Å². The quantitative estimate of drug-likeness (QED) is 0.0184. The van der Waals surface area contributed by atoms with Gasteiger partial charge < -0.3 is 44.6 Å². The summed E-state index contributed by atoms with van der Waals surface area (Å²) in [6.45, 7) is 4.52. The Kier molecular flexibility index (Phi) is 31.9. The second-order valence-electron chi connectivity index (χ2n) is 23.4. The van der Waals surface area contributed by atoms with Crippen LogP contribution in [0, 0.1) is 23.4 Å². The SMILES string of the molecule is CC(=O)N(CCCc1cc(Cl)ccc1Oc1cc(F)c(S(=O)(=O)Nc2cscn2)cc1Cl)CC(=O)O.O=C(O)CC1CCN(CCCc2cc(Cl)ccc2Oc2cc(F)c(S(=O)(=O)Nc3ncns3)cc2Cl)CC1.O=C(O)CCNCCCc1cc(Cl)ccc1Oc1cc(F)c(S(=O)(=O)Nc2nccs2)cc1Cl. The predicted molar refractivity (Wildman–Crippen MR) is 407 cm³/mol. The van der Waals surface area contributed by atoms with Gasteiger partial charge in [0, 0.05) is 88.2 Å². The molecule has 0 spiro atoms.